The molecule has 0 aliphatic heterocycles. The summed E-state index contributed by atoms with van der Waals surface area (Å²) in [7, 11) is 1.79. The van der Waals surface area contributed by atoms with Gasteiger partial charge < -0.3 is 9.15 Å². The highest BCUT2D eigenvalue weighted by Crippen LogP contribution is 2.23. The number of carbonyl (C=O) groups is 1. The van der Waals surface area contributed by atoms with Gasteiger partial charge in [0, 0.05) is 12.8 Å². The number of carbonyl (C=O) groups excluding carboxylic acids is 1. The summed E-state index contributed by atoms with van der Waals surface area (Å²) in [5, 5.41) is 4.67. The van der Waals surface area contributed by atoms with Crippen molar-refractivity contribution in [2.45, 2.75) is 24.8 Å². The van der Waals surface area contributed by atoms with E-state index in [2.05, 4.69) is 10.1 Å². The fourth-order valence-electron chi connectivity index (χ4n) is 1.54. The number of nitrogens with zero attached hydrogens (tertiary/aromatic N) is 3. The number of hydrogen-bond acceptors (Lipinski definition) is 6. The molecule has 0 atom stereocenters. The van der Waals surface area contributed by atoms with Gasteiger partial charge in [-0.3, -0.25) is 4.68 Å². The Bertz CT molecular complexity index is 577. The lowest BCUT2D eigenvalue weighted by atomic mass is 10.3. The smallest absolute Gasteiger partial charge is 0.341 e. The van der Waals surface area contributed by atoms with Gasteiger partial charge in [0.25, 0.3) is 5.22 Å². The Kier molecular flexibility index (Phi) is 4.26. The number of esters is 1. The molecule has 0 N–H and O–H groups in total. The third-order valence-electron chi connectivity index (χ3n) is 2.49. The Morgan fingerprint density at radius 3 is 3.00 bits per heavy atom. The summed E-state index contributed by atoms with van der Waals surface area (Å²) in [5.74, 6) is 0.194. The van der Waals surface area contributed by atoms with E-state index in [1.807, 2.05) is 6.92 Å². The Morgan fingerprint density at radius 2 is 2.37 bits per heavy atom. The summed E-state index contributed by atoms with van der Waals surface area (Å²) < 4.78 is 11.9. The predicted molar refractivity (Wildman–Crippen MR) is 70.0 cm³/mol. The van der Waals surface area contributed by atoms with Crippen LogP contribution in [0.1, 0.15) is 28.7 Å². The fraction of sp³-hybridized carbons (Fsp3) is 0.417. The van der Waals surface area contributed by atoms with E-state index in [-0.39, 0.29) is 5.97 Å². The van der Waals surface area contributed by atoms with E-state index in [4.69, 9.17) is 9.15 Å². The molecule has 0 spiro atoms. The zero-order valence-corrected chi connectivity index (χ0v) is 11.9. The molecule has 7 heteroatoms. The molecule has 6 nitrogen and oxygen atoms in total. The van der Waals surface area contributed by atoms with Gasteiger partial charge >= 0.3 is 5.97 Å². The van der Waals surface area contributed by atoms with Crippen LogP contribution in [0.15, 0.2) is 22.1 Å². The molecule has 2 aromatic heterocycles. The topological polar surface area (TPSA) is 70.2 Å². The van der Waals surface area contributed by atoms with E-state index in [0.717, 1.165) is 11.4 Å². The fourth-order valence-corrected chi connectivity index (χ4v) is 2.47. The van der Waals surface area contributed by atoms with Gasteiger partial charge in [0.05, 0.1) is 24.2 Å². The number of thioether (sulfide) groups is 1. The van der Waals surface area contributed by atoms with Crippen LogP contribution in [0.4, 0.5) is 0 Å². The summed E-state index contributed by atoms with van der Waals surface area (Å²) in [4.78, 5) is 16.0. The largest absolute Gasteiger partial charge is 0.462 e. The van der Waals surface area contributed by atoms with Crippen molar-refractivity contribution < 1.29 is 13.9 Å². The van der Waals surface area contributed by atoms with Crippen molar-refractivity contribution in [1.82, 2.24) is 14.8 Å². The number of oxazole rings is 1. The maximum Gasteiger partial charge on any atom is 0.341 e. The molecule has 0 saturated heterocycles. The zero-order chi connectivity index (χ0) is 13.8. The molecule has 2 rings (SSSR count). The molecular weight excluding hydrogens is 266 g/mol. The molecule has 19 heavy (non-hydrogen) atoms. The lowest BCUT2D eigenvalue weighted by molar-refractivity contribution is 0.0525. The summed E-state index contributed by atoms with van der Waals surface area (Å²) in [6.07, 6.45) is 3.12. The van der Waals surface area contributed by atoms with Crippen LogP contribution in [0.5, 0.6) is 0 Å². The maximum atomic E-state index is 11.8. The van der Waals surface area contributed by atoms with Gasteiger partial charge in [0.15, 0.2) is 0 Å². The molecule has 0 aromatic carbocycles. The number of hydrogen-bond donors (Lipinski definition) is 0. The van der Waals surface area contributed by atoms with Crippen molar-refractivity contribution in [3.63, 3.8) is 0 Å². The van der Waals surface area contributed by atoms with Crippen molar-refractivity contribution in [2.24, 2.45) is 7.05 Å². The minimum Gasteiger partial charge on any atom is -0.462 e. The highest BCUT2D eigenvalue weighted by molar-refractivity contribution is 7.98. The van der Waals surface area contributed by atoms with Gasteiger partial charge in [-0.25, -0.2) is 9.78 Å². The van der Waals surface area contributed by atoms with Crippen LogP contribution in [0, 0.1) is 6.92 Å². The Morgan fingerprint density at radius 1 is 1.58 bits per heavy atom. The Hall–Kier alpha value is -1.76. The summed E-state index contributed by atoms with van der Waals surface area (Å²) in [6, 6.07) is 0. The monoisotopic (exact) mass is 281 g/mol. The zero-order valence-electron chi connectivity index (χ0n) is 11.0. The van der Waals surface area contributed by atoms with Crippen molar-refractivity contribution in [3.05, 3.63) is 29.4 Å². The molecule has 0 aliphatic rings. The first kappa shape index (κ1) is 13.7. The van der Waals surface area contributed by atoms with Crippen LogP contribution in [-0.2, 0) is 17.5 Å². The highest BCUT2D eigenvalue weighted by Gasteiger charge is 2.18. The average molecular weight is 281 g/mol. The van der Waals surface area contributed by atoms with Crippen molar-refractivity contribution in [3.8, 4) is 0 Å². The third kappa shape index (κ3) is 3.17. The van der Waals surface area contributed by atoms with Crippen LogP contribution in [0.2, 0.25) is 0 Å². The van der Waals surface area contributed by atoms with Gasteiger partial charge in [-0.1, -0.05) is 11.8 Å². The van der Waals surface area contributed by atoms with E-state index in [0.29, 0.717) is 23.1 Å². The molecule has 0 saturated carbocycles. The molecule has 2 heterocycles. The van der Waals surface area contributed by atoms with Crippen molar-refractivity contribution in [1.29, 1.82) is 0 Å². The van der Waals surface area contributed by atoms with E-state index in [1.165, 1.54) is 18.0 Å². The lowest BCUT2D eigenvalue weighted by Crippen LogP contribution is -2.08. The minimum atomic E-state index is -0.352. The van der Waals surface area contributed by atoms with Gasteiger partial charge in [-0.15, -0.1) is 0 Å². The van der Waals surface area contributed by atoms with Gasteiger partial charge in [0.2, 0.25) is 0 Å². The second-order valence-corrected chi connectivity index (χ2v) is 4.82. The van der Waals surface area contributed by atoms with Crippen LogP contribution < -0.4 is 0 Å². The van der Waals surface area contributed by atoms with Crippen LogP contribution in [-0.4, -0.2) is 27.3 Å². The molecule has 0 aliphatic carbocycles. The Labute approximate surface area is 115 Å². The van der Waals surface area contributed by atoms with Crippen LogP contribution in [0.3, 0.4) is 0 Å². The molecule has 102 valence electrons. The summed E-state index contributed by atoms with van der Waals surface area (Å²) >= 11 is 1.42. The molecule has 0 unspecified atom stereocenters. The molecule has 0 bridgehead atoms. The summed E-state index contributed by atoms with van der Waals surface area (Å²) in [6.45, 7) is 3.99. The van der Waals surface area contributed by atoms with E-state index < -0.39 is 0 Å². The van der Waals surface area contributed by atoms with Crippen molar-refractivity contribution in [2.75, 3.05) is 6.61 Å². The van der Waals surface area contributed by atoms with E-state index in [1.54, 1.807) is 24.9 Å². The van der Waals surface area contributed by atoms with Gasteiger partial charge in [0.1, 0.15) is 11.8 Å². The van der Waals surface area contributed by atoms with Gasteiger partial charge in [-0.2, -0.15) is 5.10 Å². The maximum absolute atomic E-state index is 11.8. The number of ether oxygens (including phenoxy) is 1. The van der Waals surface area contributed by atoms with Crippen LogP contribution >= 0.6 is 11.8 Å². The Balaban J connectivity index is 2.11. The second kappa shape index (κ2) is 5.92. The first-order valence-electron chi connectivity index (χ1n) is 5.84. The molecule has 0 fully saturated rings. The van der Waals surface area contributed by atoms with E-state index in [9.17, 15) is 4.79 Å². The first-order chi connectivity index (χ1) is 9.11. The lowest BCUT2D eigenvalue weighted by Gasteiger charge is -2.04. The number of aryl methyl sites for hydroxylation is 2. The average Bonchev–Trinajstić information content (AvgIpc) is 2.94. The number of rotatable bonds is 5. The van der Waals surface area contributed by atoms with E-state index >= 15 is 0 Å². The second-order valence-electron chi connectivity index (χ2n) is 3.89. The van der Waals surface area contributed by atoms with Gasteiger partial charge in [-0.05, 0) is 13.8 Å². The van der Waals surface area contributed by atoms with Crippen molar-refractivity contribution >= 4 is 17.7 Å². The third-order valence-corrected chi connectivity index (χ3v) is 3.34. The molecule has 0 amide bonds. The number of aromatic nitrogens is 3. The predicted octanol–water partition coefficient (Wildman–Crippen LogP) is 2.19. The molecular formula is C12H15N3O3S. The normalized spacial score (nSPS) is 10.7. The molecule has 0 radical (unpaired) electrons. The molecule has 2 aromatic rings. The standard InChI is InChI=1S/C12H15N3O3S/c1-4-17-11(16)9-5-13-15(3)10(9)7-19-12-14-8(2)6-18-12/h5-6H,4,7H2,1-3H3. The van der Waals surface area contributed by atoms with Crippen LogP contribution in [0.25, 0.3) is 0 Å². The first-order valence-corrected chi connectivity index (χ1v) is 6.83. The SMILES string of the molecule is CCOC(=O)c1cnn(C)c1CSc1nc(C)co1. The summed E-state index contributed by atoms with van der Waals surface area (Å²) in [5.41, 5.74) is 2.11. The highest BCUT2D eigenvalue weighted by atomic mass is 32.2. The quantitative estimate of drug-likeness (QED) is 0.618. The minimum absolute atomic E-state index is 0.346.